The van der Waals surface area contributed by atoms with E-state index < -0.39 is 0 Å². The van der Waals surface area contributed by atoms with E-state index in [0.29, 0.717) is 0 Å². The second kappa shape index (κ2) is 8.54. The fraction of sp³-hybridized carbons (Fsp3) is 0.217. The third-order valence-electron chi connectivity index (χ3n) is 3.27. The molecule has 2 aromatic rings. The van der Waals surface area contributed by atoms with Crippen LogP contribution >= 0.6 is 0 Å². The Kier molecular flexibility index (Phi) is 6.12. The lowest BCUT2D eigenvalue weighted by atomic mass is 10.0. The number of hydrogen-bond donors (Lipinski definition) is 0. The summed E-state index contributed by atoms with van der Waals surface area (Å²) in [6.45, 7) is 6.18. The fourth-order valence-electron chi connectivity index (χ4n) is 2.04. The molecule has 0 nitrogen and oxygen atoms in total. The van der Waals surface area contributed by atoms with Crippen LogP contribution < -0.4 is 0 Å². The summed E-state index contributed by atoms with van der Waals surface area (Å²) in [6, 6.07) is 14.2. The molecular formula is C23H20. The molecule has 23 heavy (non-hydrogen) atoms. The van der Waals surface area contributed by atoms with Crippen LogP contribution in [0.3, 0.4) is 0 Å². The van der Waals surface area contributed by atoms with E-state index in [1.807, 2.05) is 43.3 Å². The van der Waals surface area contributed by atoms with Crippen LogP contribution in [0.1, 0.15) is 54.5 Å². The van der Waals surface area contributed by atoms with E-state index in [4.69, 9.17) is 0 Å². The van der Waals surface area contributed by atoms with Crippen molar-refractivity contribution >= 4 is 0 Å². The maximum Gasteiger partial charge on any atom is 0.0279 e. The molecule has 0 saturated carbocycles. The molecule has 0 aliphatic rings. The average molecular weight is 296 g/mol. The molecule has 0 saturated heterocycles. The van der Waals surface area contributed by atoms with Gasteiger partial charge in [0.25, 0.3) is 0 Å². The summed E-state index contributed by atoms with van der Waals surface area (Å²) in [5, 5.41) is 0. The second-order valence-corrected chi connectivity index (χ2v) is 5.17. The van der Waals surface area contributed by atoms with Crippen molar-refractivity contribution in [3.05, 3.63) is 70.3 Å². The first-order chi connectivity index (χ1) is 11.2. The van der Waals surface area contributed by atoms with Gasteiger partial charge in [-0.2, -0.15) is 0 Å². The van der Waals surface area contributed by atoms with Gasteiger partial charge in [-0.05, 0) is 55.0 Å². The lowest BCUT2D eigenvalue weighted by Crippen LogP contribution is -1.85. The summed E-state index contributed by atoms with van der Waals surface area (Å²) >= 11 is 0. The van der Waals surface area contributed by atoms with E-state index in [1.165, 1.54) is 0 Å². The summed E-state index contributed by atoms with van der Waals surface area (Å²) in [4.78, 5) is 0. The quantitative estimate of drug-likeness (QED) is 0.605. The number of aryl methyl sites for hydroxylation is 1. The molecule has 0 bridgehead atoms. The minimum absolute atomic E-state index is 0.874. The summed E-state index contributed by atoms with van der Waals surface area (Å²) in [6.07, 6.45) is 1.75. The molecule has 0 aromatic heterocycles. The average Bonchev–Trinajstić information content (AvgIpc) is 2.58. The SMILES string of the molecule is CCC#Cc1ccc(C#Cc2ccc(C#CCC)cc2C)cc1. The number of rotatable bonds is 0. The molecule has 2 aromatic carbocycles. The molecule has 0 amide bonds. The number of benzene rings is 2. The van der Waals surface area contributed by atoms with Crippen LogP contribution in [0, 0.1) is 42.4 Å². The maximum atomic E-state index is 3.24. The normalized spacial score (nSPS) is 8.83. The topological polar surface area (TPSA) is 0 Å². The summed E-state index contributed by atoms with van der Waals surface area (Å²) in [5.41, 5.74) is 5.29. The van der Waals surface area contributed by atoms with Gasteiger partial charge in [-0.3, -0.25) is 0 Å². The zero-order chi connectivity index (χ0) is 16.5. The van der Waals surface area contributed by atoms with E-state index in [9.17, 15) is 0 Å². The van der Waals surface area contributed by atoms with Crippen LogP contribution in [-0.4, -0.2) is 0 Å². The van der Waals surface area contributed by atoms with Crippen LogP contribution in [0.2, 0.25) is 0 Å². The van der Waals surface area contributed by atoms with E-state index in [1.54, 1.807) is 0 Å². The first-order valence-electron chi connectivity index (χ1n) is 7.93. The first-order valence-corrected chi connectivity index (χ1v) is 7.93. The van der Waals surface area contributed by atoms with Crippen LogP contribution in [0.25, 0.3) is 0 Å². The van der Waals surface area contributed by atoms with Crippen molar-refractivity contribution in [2.75, 3.05) is 0 Å². The van der Waals surface area contributed by atoms with Crippen molar-refractivity contribution < 1.29 is 0 Å². The second-order valence-electron chi connectivity index (χ2n) is 5.17. The van der Waals surface area contributed by atoms with Gasteiger partial charge in [0, 0.05) is 35.1 Å². The first kappa shape index (κ1) is 16.5. The van der Waals surface area contributed by atoms with Crippen LogP contribution in [0.15, 0.2) is 42.5 Å². The zero-order valence-corrected chi connectivity index (χ0v) is 14.0. The van der Waals surface area contributed by atoms with Gasteiger partial charge < -0.3 is 0 Å². The smallest absolute Gasteiger partial charge is 0.0279 e. The van der Waals surface area contributed by atoms with Crippen molar-refractivity contribution in [3.8, 4) is 35.5 Å². The lowest BCUT2D eigenvalue weighted by molar-refractivity contribution is 1.28. The van der Waals surface area contributed by atoms with Gasteiger partial charge in [0.1, 0.15) is 0 Å². The molecule has 0 heterocycles. The van der Waals surface area contributed by atoms with E-state index >= 15 is 0 Å². The highest BCUT2D eigenvalue weighted by Gasteiger charge is 1.96. The molecule has 0 fully saturated rings. The molecule has 0 unspecified atom stereocenters. The fourth-order valence-corrected chi connectivity index (χ4v) is 2.04. The van der Waals surface area contributed by atoms with Crippen molar-refractivity contribution in [2.24, 2.45) is 0 Å². The monoisotopic (exact) mass is 296 g/mol. The van der Waals surface area contributed by atoms with Crippen molar-refractivity contribution in [3.63, 3.8) is 0 Å². The van der Waals surface area contributed by atoms with Gasteiger partial charge in [-0.25, -0.2) is 0 Å². The van der Waals surface area contributed by atoms with E-state index in [-0.39, 0.29) is 0 Å². The van der Waals surface area contributed by atoms with Gasteiger partial charge in [0.2, 0.25) is 0 Å². The summed E-state index contributed by atoms with van der Waals surface area (Å²) < 4.78 is 0. The molecule has 2 rings (SSSR count). The molecule has 112 valence electrons. The lowest BCUT2D eigenvalue weighted by Gasteiger charge is -1.99. The molecular weight excluding hydrogens is 276 g/mol. The standard InChI is InChI=1S/C23H20/c1-4-6-8-20-10-12-21(13-11-20)14-16-23-17-15-22(9-7-5-2)18-19(23)3/h10-13,15,17-18H,4-5H2,1-3H3. The predicted octanol–water partition coefficient (Wildman–Crippen LogP) is 4.92. The van der Waals surface area contributed by atoms with Crippen molar-refractivity contribution in [2.45, 2.75) is 33.6 Å². The Morgan fingerprint density at radius 1 is 0.652 bits per heavy atom. The Bertz CT molecular complexity index is 848. The van der Waals surface area contributed by atoms with E-state index in [0.717, 1.165) is 40.7 Å². The third-order valence-corrected chi connectivity index (χ3v) is 3.27. The third kappa shape index (κ3) is 5.11. The minimum Gasteiger partial charge on any atom is -0.0982 e. The van der Waals surface area contributed by atoms with Crippen molar-refractivity contribution in [1.82, 2.24) is 0 Å². The summed E-state index contributed by atoms with van der Waals surface area (Å²) in [5.74, 6) is 18.9. The highest BCUT2D eigenvalue weighted by Crippen LogP contribution is 2.10. The van der Waals surface area contributed by atoms with Crippen LogP contribution in [-0.2, 0) is 0 Å². The Morgan fingerprint density at radius 2 is 1.17 bits per heavy atom. The van der Waals surface area contributed by atoms with E-state index in [2.05, 4.69) is 55.4 Å². The largest absolute Gasteiger partial charge is 0.0982 e. The Balaban J connectivity index is 2.18. The zero-order valence-electron chi connectivity index (χ0n) is 14.0. The van der Waals surface area contributed by atoms with Gasteiger partial charge >= 0.3 is 0 Å². The van der Waals surface area contributed by atoms with Crippen LogP contribution in [0.4, 0.5) is 0 Å². The molecule has 0 N–H and O–H groups in total. The van der Waals surface area contributed by atoms with Crippen LogP contribution in [0.5, 0.6) is 0 Å². The molecule has 0 aliphatic heterocycles. The summed E-state index contributed by atoms with van der Waals surface area (Å²) in [7, 11) is 0. The van der Waals surface area contributed by atoms with Gasteiger partial charge in [-0.1, -0.05) is 49.4 Å². The Morgan fingerprint density at radius 3 is 1.74 bits per heavy atom. The number of hydrogen-bond acceptors (Lipinski definition) is 0. The highest BCUT2D eigenvalue weighted by atomic mass is 14.0. The van der Waals surface area contributed by atoms with Gasteiger partial charge in [0.15, 0.2) is 0 Å². The van der Waals surface area contributed by atoms with Crippen molar-refractivity contribution in [1.29, 1.82) is 0 Å². The van der Waals surface area contributed by atoms with Gasteiger partial charge in [0.05, 0.1) is 0 Å². The molecule has 0 spiro atoms. The highest BCUT2D eigenvalue weighted by molar-refractivity contribution is 5.50. The Labute approximate surface area is 140 Å². The molecule has 0 aliphatic carbocycles. The minimum atomic E-state index is 0.874. The molecule has 0 radical (unpaired) electrons. The molecule has 0 atom stereocenters. The predicted molar refractivity (Wildman–Crippen MR) is 97.9 cm³/mol. The maximum absolute atomic E-state index is 3.24. The molecule has 0 heteroatoms. The van der Waals surface area contributed by atoms with Gasteiger partial charge in [-0.15, -0.1) is 0 Å². The Hall–Kier alpha value is -2.88.